The van der Waals surface area contributed by atoms with Gasteiger partial charge < -0.3 is 10.8 Å². The molecule has 0 radical (unpaired) electrons. The molecule has 0 saturated heterocycles. The van der Waals surface area contributed by atoms with Gasteiger partial charge in [0.2, 0.25) is 0 Å². The Morgan fingerprint density at radius 1 is 1.26 bits per heavy atom. The Hall–Kier alpha value is -2.23. The molecule has 1 aliphatic carbocycles. The van der Waals surface area contributed by atoms with Gasteiger partial charge in [-0.05, 0) is 72.7 Å². The van der Waals surface area contributed by atoms with E-state index in [1.807, 2.05) is 23.7 Å². The first-order valence-electron chi connectivity index (χ1n) is 8.93. The number of aromatic nitrogens is 4. The third-order valence-corrected chi connectivity index (χ3v) is 6.15. The highest BCUT2D eigenvalue weighted by Gasteiger charge is 2.28. The van der Waals surface area contributed by atoms with Gasteiger partial charge in [-0.1, -0.05) is 17.7 Å². The maximum absolute atomic E-state index is 11.6. The second-order valence-electron chi connectivity index (χ2n) is 7.09. The molecule has 2 aromatic heterocycles. The van der Waals surface area contributed by atoms with E-state index < -0.39 is 5.97 Å². The maximum atomic E-state index is 11.6. The van der Waals surface area contributed by atoms with Crippen LogP contribution in [0.15, 0.2) is 24.5 Å². The van der Waals surface area contributed by atoms with E-state index in [4.69, 9.17) is 5.73 Å². The lowest BCUT2D eigenvalue weighted by Gasteiger charge is -2.30. The SMILES string of the molecule is Cc1ccc(C(=O)O)c(C2CCC(n3nc(I)c4c(N)ncnc43)CC2)c1. The van der Waals surface area contributed by atoms with E-state index in [9.17, 15) is 9.90 Å². The summed E-state index contributed by atoms with van der Waals surface area (Å²) in [5.41, 5.74) is 9.23. The van der Waals surface area contributed by atoms with Crippen LogP contribution in [0.25, 0.3) is 11.0 Å². The van der Waals surface area contributed by atoms with Gasteiger partial charge in [-0.2, -0.15) is 5.10 Å². The van der Waals surface area contributed by atoms with Gasteiger partial charge >= 0.3 is 5.97 Å². The van der Waals surface area contributed by atoms with Crippen molar-refractivity contribution in [1.29, 1.82) is 0 Å². The summed E-state index contributed by atoms with van der Waals surface area (Å²) in [4.78, 5) is 20.1. The van der Waals surface area contributed by atoms with Crippen LogP contribution in [0, 0.1) is 10.6 Å². The van der Waals surface area contributed by atoms with Crippen molar-refractivity contribution in [2.24, 2.45) is 0 Å². The van der Waals surface area contributed by atoms with Crippen molar-refractivity contribution in [3.63, 3.8) is 0 Å². The second kappa shape index (κ2) is 7.06. The standard InChI is InChI=1S/C19H20IN5O2/c1-10-2-7-13(19(26)27)14(8-10)11-3-5-12(6-4-11)25-18-15(16(20)24-25)17(21)22-9-23-18/h2,7-9,11-12H,3-6H2,1H3,(H,26,27)(H2,21,22,23). The Bertz CT molecular complexity index is 1020. The van der Waals surface area contributed by atoms with Crippen LogP contribution in [0.4, 0.5) is 5.82 Å². The van der Waals surface area contributed by atoms with Gasteiger partial charge in [0.15, 0.2) is 5.65 Å². The van der Waals surface area contributed by atoms with Crippen molar-refractivity contribution >= 4 is 45.4 Å². The Kier molecular flexibility index (Phi) is 4.75. The Balaban J connectivity index is 1.60. The fraction of sp³-hybridized carbons (Fsp3) is 0.368. The van der Waals surface area contributed by atoms with E-state index in [0.29, 0.717) is 11.4 Å². The number of anilines is 1. The molecule has 0 amide bonds. The van der Waals surface area contributed by atoms with Gasteiger partial charge in [0.25, 0.3) is 0 Å². The van der Waals surface area contributed by atoms with Crippen molar-refractivity contribution in [1.82, 2.24) is 19.7 Å². The zero-order valence-electron chi connectivity index (χ0n) is 14.9. The monoisotopic (exact) mass is 477 g/mol. The number of carboxylic acids is 1. The highest BCUT2D eigenvalue weighted by Crippen LogP contribution is 2.40. The first-order valence-corrected chi connectivity index (χ1v) is 10.0. The largest absolute Gasteiger partial charge is 0.478 e. The lowest BCUT2D eigenvalue weighted by Crippen LogP contribution is -2.20. The third kappa shape index (κ3) is 3.26. The summed E-state index contributed by atoms with van der Waals surface area (Å²) in [5, 5.41) is 15.0. The quantitative estimate of drug-likeness (QED) is 0.554. The topological polar surface area (TPSA) is 107 Å². The molecule has 1 fully saturated rings. The lowest BCUT2D eigenvalue weighted by atomic mass is 9.79. The van der Waals surface area contributed by atoms with E-state index >= 15 is 0 Å². The third-order valence-electron chi connectivity index (χ3n) is 5.40. The molecule has 140 valence electrons. The van der Waals surface area contributed by atoms with E-state index in [0.717, 1.165) is 51.5 Å². The fourth-order valence-corrected chi connectivity index (χ4v) is 4.80. The second-order valence-corrected chi connectivity index (χ2v) is 8.12. The average Bonchev–Trinajstić information content (AvgIpc) is 2.99. The first-order chi connectivity index (χ1) is 13.0. The van der Waals surface area contributed by atoms with Crippen LogP contribution in [0.3, 0.4) is 0 Å². The molecule has 1 aromatic carbocycles. The molecule has 3 aromatic rings. The number of hydrogen-bond donors (Lipinski definition) is 2. The minimum absolute atomic E-state index is 0.236. The Morgan fingerprint density at radius 2 is 2.00 bits per heavy atom. The molecule has 0 aliphatic heterocycles. The molecular formula is C19H20IN5O2. The molecule has 0 spiro atoms. The summed E-state index contributed by atoms with van der Waals surface area (Å²) in [6, 6.07) is 5.84. The van der Waals surface area contributed by atoms with Crippen LogP contribution in [0.1, 0.15) is 59.1 Å². The molecule has 0 unspecified atom stereocenters. The number of carboxylic acid groups (broad SMARTS) is 1. The van der Waals surface area contributed by atoms with Gasteiger partial charge in [-0.25, -0.2) is 19.4 Å². The predicted octanol–water partition coefficient (Wildman–Crippen LogP) is 3.92. The van der Waals surface area contributed by atoms with Gasteiger partial charge in [0, 0.05) is 0 Å². The van der Waals surface area contributed by atoms with Crippen LogP contribution in [0.5, 0.6) is 0 Å². The zero-order valence-corrected chi connectivity index (χ0v) is 17.0. The summed E-state index contributed by atoms with van der Waals surface area (Å²) in [6.45, 7) is 2.00. The van der Waals surface area contributed by atoms with E-state index in [-0.39, 0.29) is 12.0 Å². The van der Waals surface area contributed by atoms with Gasteiger partial charge in [-0.15, -0.1) is 0 Å². The Labute approximate surface area is 170 Å². The highest BCUT2D eigenvalue weighted by atomic mass is 127. The molecule has 1 aliphatic rings. The summed E-state index contributed by atoms with van der Waals surface area (Å²) in [5.74, 6) is -0.144. The molecule has 8 heteroatoms. The molecular weight excluding hydrogens is 457 g/mol. The van der Waals surface area contributed by atoms with Crippen molar-refractivity contribution < 1.29 is 9.90 Å². The van der Waals surface area contributed by atoms with Gasteiger partial charge in [0.05, 0.1) is 17.0 Å². The van der Waals surface area contributed by atoms with E-state index in [1.54, 1.807) is 6.07 Å². The number of halogens is 1. The molecule has 0 bridgehead atoms. The van der Waals surface area contributed by atoms with Crippen LogP contribution in [-0.2, 0) is 0 Å². The lowest BCUT2D eigenvalue weighted by molar-refractivity contribution is 0.0694. The number of carbonyl (C=O) groups is 1. The minimum atomic E-state index is -0.855. The number of fused-ring (bicyclic) bond motifs is 1. The van der Waals surface area contributed by atoms with Crippen LogP contribution >= 0.6 is 22.6 Å². The number of nitrogens with zero attached hydrogens (tertiary/aromatic N) is 4. The normalized spacial score (nSPS) is 20.1. The predicted molar refractivity (Wildman–Crippen MR) is 111 cm³/mol. The minimum Gasteiger partial charge on any atom is -0.478 e. The number of nitrogen functional groups attached to an aromatic ring is 1. The number of nitrogens with two attached hydrogens (primary N) is 1. The van der Waals surface area contributed by atoms with Gasteiger partial charge in [-0.3, -0.25) is 0 Å². The van der Waals surface area contributed by atoms with E-state index in [1.165, 1.54) is 6.33 Å². The number of benzene rings is 1. The van der Waals surface area contributed by atoms with Crippen molar-refractivity contribution in [3.8, 4) is 0 Å². The van der Waals surface area contributed by atoms with E-state index in [2.05, 4.69) is 37.7 Å². The average molecular weight is 477 g/mol. The van der Waals surface area contributed by atoms with Crippen molar-refractivity contribution in [2.75, 3.05) is 5.73 Å². The number of aromatic carboxylic acids is 1. The molecule has 3 N–H and O–H groups in total. The van der Waals surface area contributed by atoms with Gasteiger partial charge in [0.1, 0.15) is 15.8 Å². The molecule has 1 saturated carbocycles. The first kappa shape index (κ1) is 18.1. The van der Waals surface area contributed by atoms with Crippen molar-refractivity contribution in [3.05, 3.63) is 44.9 Å². The molecule has 7 nitrogen and oxygen atoms in total. The zero-order chi connectivity index (χ0) is 19.1. The molecule has 0 atom stereocenters. The maximum Gasteiger partial charge on any atom is 0.335 e. The summed E-state index contributed by atoms with van der Waals surface area (Å²) >= 11 is 2.17. The summed E-state index contributed by atoms with van der Waals surface area (Å²) < 4.78 is 2.79. The van der Waals surface area contributed by atoms with Crippen molar-refractivity contribution in [2.45, 2.75) is 44.6 Å². The number of aryl methyl sites for hydroxylation is 1. The molecule has 2 heterocycles. The molecule has 27 heavy (non-hydrogen) atoms. The molecule has 4 rings (SSSR count). The summed E-state index contributed by atoms with van der Waals surface area (Å²) in [7, 11) is 0. The fourth-order valence-electron chi connectivity index (χ4n) is 4.05. The number of hydrogen-bond acceptors (Lipinski definition) is 5. The summed E-state index contributed by atoms with van der Waals surface area (Å²) in [6.07, 6.45) is 5.17. The van der Waals surface area contributed by atoms with Crippen LogP contribution < -0.4 is 5.73 Å². The smallest absolute Gasteiger partial charge is 0.335 e. The highest BCUT2D eigenvalue weighted by molar-refractivity contribution is 14.1. The van der Waals surface area contributed by atoms with Crippen LogP contribution in [0.2, 0.25) is 0 Å². The Morgan fingerprint density at radius 3 is 2.70 bits per heavy atom. The van der Waals surface area contributed by atoms with Crippen LogP contribution in [-0.4, -0.2) is 30.8 Å². The number of rotatable bonds is 3.